The molecule has 2 aliphatic heterocycles. The number of aryl methyl sites for hydroxylation is 1. The van der Waals surface area contributed by atoms with Gasteiger partial charge in [0.2, 0.25) is 0 Å². The number of hydrogen-bond donors (Lipinski definition) is 0. The van der Waals surface area contributed by atoms with Crippen LogP contribution in [0.4, 0.5) is 0 Å². The number of thiazole rings is 1. The Morgan fingerprint density at radius 3 is 2.52 bits per heavy atom. The summed E-state index contributed by atoms with van der Waals surface area (Å²) in [7, 11) is 1.65. The number of fused-ring (bicyclic) bond motifs is 1. The maximum atomic E-state index is 5.59. The van der Waals surface area contributed by atoms with Crippen LogP contribution < -0.4 is 14.2 Å². The quantitative estimate of drug-likeness (QED) is 0.513. The van der Waals surface area contributed by atoms with E-state index >= 15 is 0 Å². The van der Waals surface area contributed by atoms with Crippen LogP contribution in [-0.4, -0.2) is 50.7 Å². The van der Waals surface area contributed by atoms with Crippen LogP contribution in [-0.2, 0) is 9.47 Å². The fourth-order valence-electron chi connectivity index (χ4n) is 2.74. The predicted molar refractivity (Wildman–Crippen MR) is 112 cm³/mol. The van der Waals surface area contributed by atoms with Crippen molar-refractivity contribution in [3.8, 4) is 17.2 Å². The lowest BCUT2D eigenvalue weighted by molar-refractivity contribution is 0.263. The van der Waals surface area contributed by atoms with Crippen molar-refractivity contribution in [3.05, 3.63) is 47.5 Å². The summed E-state index contributed by atoms with van der Waals surface area (Å²) < 4.78 is 27.7. The maximum absolute atomic E-state index is 5.59. The highest BCUT2D eigenvalue weighted by Crippen LogP contribution is 2.27. The fraction of sp³-hybridized carbons (Fsp3) is 0.409. The number of aromatic nitrogens is 1. The number of para-hydroxylation sites is 2. The van der Waals surface area contributed by atoms with Crippen LogP contribution in [0.15, 0.2) is 42.5 Å². The average Bonchev–Trinajstić information content (AvgIpc) is 3.65. The molecule has 5 rings (SSSR count). The molecule has 7 heteroatoms. The first-order chi connectivity index (χ1) is 14.2. The molecule has 0 aliphatic carbocycles. The van der Waals surface area contributed by atoms with Crippen LogP contribution in [0.1, 0.15) is 11.4 Å². The Morgan fingerprint density at radius 2 is 1.79 bits per heavy atom. The van der Waals surface area contributed by atoms with E-state index in [1.165, 1.54) is 4.70 Å². The summed E-state index contributed by atoms with van der Waals surface area (Å²) in [5, 5.41) is 1.09. The van der Waals surface area contributed by atoms with Crippen molar-refractivity contribution in [1.82, 2.24) is 4.98 Å². The third-order valence-corrected chi connectivity index (χ3v) is 5.42. The molecular formula is C22H25NO5S. The fourth-order valence-corrected chi connectivity index (χ4v) is 3.55. The number of methoxy groups -OCH3 is 1. The molecule has 0 spiro atoms. The Hall–Kier alpha value is -2.35. The molecule has 1 aromatic heterocycles. The minimum atomic E-state index is 0.304. The van der Waals surface area contributed by atoms with E-state index in [-0.39, 0.29) is 0 Å². The van der Waals surface area contributed by atoms with Gasteiger partial charge in [-0.1, -0.05) is 12.1 Å². The lowest BCUT2D eigenvalue weighted by Gasteiger charge is -2.09. The molecule has 0 amide bonds. The molecule has 3 heterocycles. The van der Waals surface area contributed by atoms with Gasteiger partial charge >= 0.3 is 0 Å². The molecule has 2 atom stereocenters. The van der Waals surface area contributed by atoms with Crippen LogP contribution in [0.5, 0.6) is 17.2 Å². The predicted octanol–water partition coefficient (Wildman–Crippen LogP) is 4.25. The van der Waals surface area contributed by atoms with Crippen molar-refractivity contribution in [3.63, 3.8) is 0 Å². The molecule has 0 radical (unpaired) electrons. The van der Waals surface area contributed by atoms with Gasteiger partial charge in [0.15, 0.2) is 11.5 Å². The Balaban J connectivity index is 0.000000142. The SMILES string of the molecule is COc1ccccc1OCCC1CO1.Cc1nc2cc(OCC3CO3)ccc2s1. The number of ether oxygens (including phenoxy) is 5. The minimum absolute atomic E-state index is 0.304. The first-order valence-electron chi connectivity index (χ1n) is 9.70. The largest absolute Gasteiger partial charge is 0.493 e. The van der Waals surface area contributed by atoms with Gasteiger partial charge < -0.3 is 23.7 Å². The van der Waals surface area contributed by atoms with Gasteiger partial charge in [0.1, 0.15) is 18.5 Å². The number of epoxide rings is 2. The van der Waals surface area contributed by atoms with E-state index in [0.29, 0.717) is 25.4 Å². The van der Waals surface area contributed by atoms with Gasteiger partial charge in [-0.15, -0.1) is 11.3 Å². The Bertz CT molecular complexity index is 936. The van der Waals surface area contributed by atoms with Crippen LogP contribution >= 0.6 is 11.3 Å². The van der Waals surface area contributed by atoms with Gasteiger partial charge in [-0.05, 0) is 31.2 Å². The zero-order chi connectivity index (χ0) is 20.1. The summed E-state index contributed by atoms with van der Waals surface area (Å²) in [4.78, 5) is 4.42. The van der Waals surface area contributed by atoms with Crippen LogP contribution in [0.3, 0.4) is 0 Å². The van der Waals surface area contributed by atoms with Crippen molar-refractivity contribution in [1.29, 1.82) is 0 Å². The van der Waals surface area contributed by atoms with E-state index in [1.54, 1.807) is 18.4 Å². The molecule has 2 saturated heterocycles. The molecule has 2 aliphatic rings. The minimum Gasteiger partial charge on any atom is -0.493 e. The van der Waals surface area contributed by atoms with E-state index in [2.05, 4.69) is 11.1 Å². The summed E-state index contributed by atoms with van der Waals surface area (Å²) in [5.74, 6) is 2.46. The van der Waals surface area contributed by atoms with Gasteiger partial charge in [0.05, 0.1) is 48.3 Å². The molecule has 0 saturated carbocycles. The molecule has 2 aromatic carbocycles. The summed E-state index contributed by atoms with van der Waals surface area (Å²) in [6.45, 7) is 5.07. The number of nitrogens with zero attached hydrogens (tertiary/aromatic N) is 1. The number of rotatable bonds is 8. The highest BCUT2D eigenvalue weighted by atomic mass is 32.1. The highest BCUT2D eigenvalue weighted by molar-refractivity contribution is 7.18. The molecule has 6 nitrogen and oxygen atoms in total. The van der Waals surface area contributed by atoms with Gasteiger partial charge in [-0.2, -0.15) is 0 Å². The standard InChI is InChI=1S/C11H11NO2S.C11H14O3/c1-7-12-10-4-8(2-3-11(10)15-7)13-5-9-6-14-9;1-12-10-4-2-3-5-11(10)13-7-6-9-8-14-9/h2-4,9H,5-6H2,1H3;2-5,9H,6-8H2,1H3. The van der Waals surface area contributed by atoms with Crippen molar-refractivity contribution in [2.75, 3.05) is 33.5 Å². The van der Waals surface area contributed by atoms with Gasteiger partial charge in [-0.3, -0.25) is 0 Å². The number of hydrogen-bond acceptors (Lipinski definition) is 7. The summed E-state index contributed by atoms with van der Waals surface area (Å²) in [6, 6.07) is 13.7. The summed E-state index contributed by atoms with van der Waals surface area (Å²) in [5.41, 5.74) is 1.02. The second-order valence-corrected chi connectivity index (χ2v) is 8.11. The topological polar surface area (TPSA) is 65.6 Å². The van der Waals surface area contributed by atoms with Crippen LogP contribution in [0, 0.1) is 6.92 Å². The second-order valence-electron chi connectivity index (χ2n) is 6.87. The molecule has 2 fully saturated rings. The van der Waals surface area contributed by atoms with Crippen molar-refractivity contribution >= 4 is 21.6 Å². The molecular weight excluding hydrogens is 390 g/mol. The van der Waals surface area contributed by atoms with Gasteiger partial charge in [0, 0.05) is 12.5 Å². The van der Waals surface area contributed by atoms with E-state index < -0.39 is 0 Å². The smallest absolute Gasteiger partial charge is 0.161 e. The van der Waals surface area contributed by atoms with Crippen molar-refractivity contribution < 1.29 is 23.7 Å². The zero-order valence-corrected chi connectivity index (χ0v) is 17.4. The van der Waals surface area contributed by atoms with E-state index in [0.717, 1.165) is 47.4 Å². The lowest BCUT2D eigenvalue weighted by atomic mass is 10.3. The summed E-state index contributed by atoms with van der Waals surface area (Å²) >= 11 is 1.71. The molecule has 3 aromatic rings. The first kappa shape index (κ1) is 19.9. The molecule has 2 unspecified atom stereocenters. The average molecular weight is 416 g/mol. The monoisotopic (exact) mass is 415 g/mol. The molecule has 0 bridgehead atoms. The molecule has 154 valence electrons. The normalized spacial score (nSPS) is 19.2. The van der Waals surface area contributed by atoms with Gasteiger partial charge in [0.25, 0.3) is 0 Å². The number of benzene rings is 2. The Kier molecular flexibility index (Phi) is 6.49. The van der Waals surface area contributed by atoms with E-state index in [1.807, 2.05) is 43.3 Å². The Labute approximate surface area is 174 Å². The second kappa shape index (κ2) is 9.43. The van der Waals surface area contributed by atoms with Crippen molar-refractivity contribution in [2.45, 2.75) is 25.6 Å². The third-order valence-electron chi connectivity index (χ3n) is 4.47. The lowest BCUT2D eigenvalue weighted by Crippen LogP contribution is -2.03. The molecule has 0 N–H and O–H groups in total. The Morgan fingerprint density at radius 1 is 1.03 bits per heavy atom. The molecule has 29 heavy (non-hydrogen) atoms. The zero-order valence-electron chi connectivity index (χ0n) is 16.6. The van der Waals surface area contributed by atoms with Crippen LogP contribution in [0.25, 0.3) is 10.2 Å². The van der Waals surface area contributed by atoms with E-state index in [4.69, 9.17) is 23.7 Å². The van der Waals surface area contributed by atoms with Crippen LogP contribution in [0.2, 0.25) is 0 Å². The first-order valence-corrected chi connectivity index (χ1v) is 10.5. The summed E-state index contributed by atoms with van der Waals surface area (Å²) in [6.07, 6.45) is 1.68. The van der Waals surface area contributed by atoms with Gasteiger partial charge in [-0.25, -0.2) is 4.98 Å². The maximum Gasteiger partial charge on any atom is 0.161 e. The van der Waals surface area contributed by atoms with Crippen molar-refractivity contribution in [2.24, 2.45) is 0 Å². The third kappa shape index (κ3) is 6.06. The highest BCUT2D eigenvalue weighted by Gasteiger charge is 2.23. The van der Waals surface area contributed by atoms with E-state index in [9.17, 15) is 0 Å².